The van der Waals surface area contributed by atoms with Crippen molar-refractivity contribution in [2.24, 2.45) is 23.5 Å². The third kappa shape index (κ3) is 2.70. The van der Waals surface area contributed by atoms with Crippen molar-refractivity contribution in [1.82, 2.24) is 4.98 Å². The largest absolute Gasteiger partial charge is 0.511 e. The van der Waals surface area contributed by atoms with Crippen LogP contribution in [0.5, 0.6) is 5.75 Å². The van der Waals surface area contributed by atoms with Crippen molar-refractivity contribution in [2.45, 2.75) is 25.4 Å². The van der Waals surface area contributed by atoms with E-state index in [0.29, 0.717) is 5.56 Å². The van der Waals surface area contributed by atoms with E-state index in [9.17, 15) is 34.8 Å². The van der Waals surface area contributed by atoms with Gasteiger partial charge in [-0.25, -0.2) is 4.98 Å². The van der Waals surface area contributed by atoms with Crippen molar-refractivity contribution in [2.75, 3.05) is 0 Å². The van der Waals surface area contributed by atoms with E-state index in [0.717, 1.165) is 0 Å². The van der Waals surface area contributed by atoms with Crippen molar-refractivity contribution >= 4 is 23.2 Å². The van der Waals surface area contributed by atoms with Crippen LogP contribution in [0.1, 0.15) is 30.4 Å². The van der Waals surface area contributed by atoms with E-state index in [-0.39, 0.29) is 34.8 Å². The highest BCUT2D eigenvalue weighted by Gasteiger charge is 2.56. The Bertz CT molecular complexity index is 1290. The van der Waals surface area contributed by atoms with Gasteiger partial charge in [-0.05, 0) is 17.5 Å². The maximum Gasteiger partial charge on any atom is 0.255 e. The summed E-state index contributed by atoms with van der Waals surface area (Å²) >= 11 is 0. The summed E-state index contributed by atoms with van der Waals surface area (Å²) in [5, 5.41) is 43.9. The minimum atomic E-state index is -1.42. The summed E-state index contributed by atoms with van der Waals surface area (Å²) in [6, 6.07) is 3.20. The number of carbonyl (C=O) groups excluding carboxylic acids is 3. The number of aliphatic hydroxyl groups is 3. The normalized spacial score (nSPS) is 29.0. The number of rotatable bonds is 2. The average molecular weight is 452 g/mol. The summed E-state index contributed by atoms with van der Waals surface area (Å²) in [5.74, 6) is -8.09. The molecule has 5 rings (SSSR count). The van der Waals surface area contributed by atoms with Crippen LogP contribution in [-0.4, -0.2) is 49.0 Å². The van der Waals surface area contributed by atoms with Crippen LogP contribution in [0.4, 0.5) is 0 Å². The molecule has 0 aliphatic heterocycles. The lowest BCUT2D eigenvalue weighted by molar-refractivity contribution is -0.133. The predicted octanol–water partition coefficient (Wildman–Crippen LogP) is 1.50. The standard InChI is InChI=1S/C23H20N2O8/c1-7-8-2-3-9(23-25-4-5-33-23)17(27)13(8)20(30)16-12(7)18(28)10-6-11(26)15(22(24)32)19(29)14(10)21(16)31/h2-5,7,10,12,14,18,27-30H,6H2,1H3,(H2,24,32)/t7-,10?,12?,14?,18?/m0/s1. The van der Waals surface area contributed by atoms with E-state index in [1.165, 1.54) is 12.5 Å². The molecule has 3 aliphatic carbocycles. The van der Waals surface area contributed by atoms with Gasteiger partial charge in [-0.1, -0.05) is 13.0 Å². The fraction of sp³-hybridized carbons (Fsp3) is 0.304. The number of Topliss-reactive ketones (excluding diaryl/α,β-unsaturated/α-hetero) is 2. The summed E-state index contributed by atoms with van der Waals surface area (Å²) in [7, 11) is 0. The van der Waals surface area contributed by atoms with Gasteiger partial charge in [0.1, 0.15) is 29.1 Å². The molecule has 6 N–H and O–H groups in total. The van der Waals surface area contributed by atoms with Gasteiger partial charge in [-0.3, -0.25) is 14.4 Å². The van der Waals surface area contributed by atoms with Crippen LogP contribution >= 0.6 is 0 Å². The summed E-state index contributed by atoms with van der Waals surface area (Å²) in [4.78, 5) is 41.6. The highest BCUT2D eigenvalue weighted by Crippen LogP contribution is 2.55. The maximum absolute atomic E-state index is 13.5. The van der Waals surface area contributed by atoms with Crippen molar-refractivity contribution in [3.63, 3.8) is 0 Å². The molecule has 0 radical (unpaired) electrons. The molecule has 10 heteroatoms. The molecule has 5 atom stereocenters. The zero-order valence-corrected chi connectivity index (χ0v) is 17.3. The van der Waals surface area contributed by atoms with Crippen LogP contribution < -0.4 is 5.73 Å². The Hall–Kier alpha value is -3.92. The van der Waals surface area contributed by atoms with E-state index in [4.69, 9.17) is 10.2 Å². The molecule has 4 unspecified atom stereocenters. The van der Waals surface area contributed by atoms with Gasteiger partial charge in [0.05, 0.1) is 29.3 Å². The summed E-state index contributed by atoms with van der Waals surface area (Å²) in [6.07, 6.45) is 1.07. The molecule has 0 bridgehead atoms. The fourth-order valence-electron chi connectivity index (χ4n) is 5.52. The molecule has 0 saturated heterocycles. The van der Waals surface area contributed by atoms with E-state index in [2.05, 4.69) is 4.98 Å². The lowest BCUT2D eigenvalue weighted by Gasteiger charge is -2.46. The van der Waals surface area contributed by atoms with Crippen LogP contribution in [0.25, 0.3) is 17.2 Å². The number of hydrogen-bond donors (Lipinski definition) is 5. The molecular weight excluding hydrogens is 432 g/mol. The molecule has 10 nitrogen and oxygen atoms in total. The minimum absolute atomic E-state index is 0.00562. The number of nitrogens with two attached hydrogens (primary N) is 1. The molecule has 2 aromatic rings. The Labute approximate surface area is 186 Å². The van der Waals surface area contributed by atoms with Crippen LogP contribution in [0.2, 0.25) is 0 Å². The van der Waals surface area contributed by atoms with Gasteiger partial charge in [0.2, 0.25) is 5.89 Å². The lowest BCUT2D eigenvalue weighted by atomic mass is 9.57. The molecule has 1 fully saturated rings. The zero-order chi connectivity index (χ0) is 23.8. The van der Waals surface area contributed by atoms with Crippen LogP contribution in [0.15, 0.2) is 45.9 Å². The van der Waals surface area contributed by atoms with Crippen LogP contribution in [0.3, 0.4) is 0 Å². The second-order valence-electron chi connectivity index (χ2n) is 8.59. The average Bonchev–Trinajstić information content (AvgIpc) is 3.28. The number of benzene rings is 1. The van der Waals surface area contributed by atoms with E-state index >= 15 is 0 Å². The number of aliphatic hydroxyl groups excluding tert-OH is 3. The molecule has 1 saturated carbocycles. The lowest BCUT2D eigenvalue weighted by Crippen LogP contribution is -2.52. The van der Waals surface area contributed by atoms with Crippen molar-refractivity contribution < 1.29 is 39.2 Å². The number of primary amides is 1. The molecule has 33 heavy (non-hydrogen) atoms. The number of carbonyl (C=O) groups is 3. The van der Waals surface area contributed by atoms with Crippen molar-refractivity contribution in [3.8, 4) is 17.2 Å². The number of phenols is 1. The number of aromatic nitrogens is 1. The van der Waals surface area contributed by atoms with Gasteiger partial charge < -0.3 is 30.6 Å². The van der Waals surface area contributed by atoms with Crippen molar-refractivity contribution in [1.29, 1.82) is 0 Å². The summed E-state index contributed by atoms with van der Waals surface area (Å²) in [6.45, 7) is 1.73. The Morgan fingerprint density at radius 1 is 1.21 bits per heavy atom. The van der Waals surface area contributed by atoms with Gasteiger partial charge in [-0.2, -0.15) is 0 Å². The minimum Gasteiger partial charge on any atom is -0.511 e. The molecular formula is C23H20N2O8. The topological polar surface area (TPSA) is 184 Å². The van der Waals surface area contributed by atoms with E-state index in [1.807, 2.05) is 0 Å². The molecule has 3 aliphatic rings. The first-order chi connectivity index (χ1) is 15.6. The third-order valence-corrected chi connectivity index (χ3v) is 7.01. The van der Waals surface area contributed by atoms with Gasteiger partial charge >= 0.3 is 0 Å². The fourth-order valence-corrected chi connectivity index (χ4v) is 5.52. The van der Waals surface area contributed by atoms with E-state index < -0.39 is 64.3 Å². The zero-order valence-electron chi connectivity index (χ0n) is 17.3. The molecule has 1 aromatic heterocycles. The maximum atomic E-state index is 13.5. The number of phenolic OH excluding ortho intramolecular Hbond substituents is 1. The number of aromatic hydroxyl groups is 1. The number of fused-ring (bicyclic) bond motifs is 3. The van der Waals surface area contributed by atoms with Gasteiger partial charge in [0.15, 0.2) is 11.6 Å². The SMILES string of the molecule is C[C@H]1c2ccc(-c3ncco3)c(O)c2C(O)=C2C(=O)C3C(O)=C(C(N)=O)C(=O)CC3C(O)C21. The van der Waals surface area contributed by atoms with Crippen molar-refractivity contribution in [3.05, 3.63) is 52.6 Å². The molecule has 1 heterocycles. The quantitative estimate of drug-likeness (QED) is 0.421. The summed E-state index contributed by atoms with van der Waals surface area (Å²) in [5.41, 5.74) is 5.03. The Morgan fingerprint density at radius 2 is 1.94 bits per heavy atom. The number of allylic oxidation sites excluding steroid dienone is 1. The van der Waals surface area contributed by atoms with Gasteiger partial charge in [-0.15, -0.1) is 0 Å². The first-order valence-electron chi connectivity index (χ1n) is 10.3. The molecule has 1 amide bonds. The Morgan fingerprint density at radius 3 is 2.58 bits per heavy atom. The highest BCUT2D eigenvalue weighted by atomic mass is 16.3. The molecule has 170 valence electrons. The monoisotopic (exact) mass is 452 g/mol. The third-order valence-electron chi connectivity index (χ3n) is 7.01. The molecule has 1 aromatic carbocycles. The highest BCUT2D eigenvalue weighted by molar-refractivity contribution is 6.21. The first kappa shape index (κ1) is 21.0. The Balaban J connectivity index is 1.73. The predicted molar refractivity (Wildman–Crippen MR) is 112 cm³/mol. The second-order valence-corrected chi connectivity index (χ2v) is 8.59. The summed E-state index contributed by atoms with van der Waals surface area (Å²) < 4.78 is 5.24. The molecule has 0 spiro atoms. The smallest absolute Gasteiger partial charge is 0.255 e. The number of ketones is 2. The first-order valence-corrected chi connectivity index (χ1v) is 10.3. The second kappa shape index (κ2) is 7.04. The number of hydrogen-bond acceptors (Lipinski definition) is 9. The van der Waals surface area contributed by atoms with Gasteiger partial charge in [0.25, 0.3) is 5.91 Å². The number of nitrogens with zero attached hydrogens (tertiary/aromatic N) is 1. The number of oxazole rings is 1. The van der Waals surface area contributed by atoms with E-state index in [1.54, 1.807) is 19.1 Å². The van der Waals surface area contributed by atoms with Gasteiger partial charge in [0, 0.05) is 23.8 Å². The van der Waals surface area contributed by atoms with Crippen LogP contribution in [-0.2, 0) is 14.4 Å². The van der Waals surface area contributed by atoms with Crippen LogP contribution in [0, 0.1) is 17.8 Å². The Kier molecular flexibility index (Phi) is 4.47. The number of amides is 1.